The molecule has 7 nitrogen and oxygen atoms in total. The summed E-state index contributed by atoms with van der Waals surface area (Å²) >= 11 is 5.79. The van der Waals surface area contributed by atoms with Crippen molar-refractivity contribution in [3.05, 3.63) is 51.7 Å². The predicted octanol–water partition coefficient (Wildman–Crippen LogP) is 4.08. The second kappa shape index (κ2) is 8.26. The lowest BCUT2D eigenvalue weighted by Crippen LogP contribution is -2.56. The second-order valence-corrected chi connectivity index (χ2v) is 8.80. The van der Waals surface area contributed by atoms with Gasteiger partial charge in [0.1, 0.15) is 11.2 Å². The van der Waals surface area contributed by atoms with E-state index in [4.69, 9.17) is 21.4 Å². The van der Waals surface area contributed by atoms with Crippen molar-refractivity contribution in [1.82, 2.24) is 19.7 Å². The van der Waals surface area contributed by atoms with Gasteiger partial charge in [-0.05, 0) is 49.9 Å². The fraction of sp³-hybridized carbons (Fsp3) is 0.455. The van der Waals surface area contributed by atoms with Crippen LogP contribution in [0.3, 0.4) is 0 Å². The zero-order chi connectivity index (χ0) is 21.5. The number of hydrogen-bond donors (Lipinski definition) is 2. The largest absolute Gasteiger partial charge is 0.379 e. The Hall–Kier alpha value is -2.42. The highest BCUT2D eigenvalue weighted by Gasteiger charge is 2.35. The van der Waals surface area contributed by atoms with E-state index < -0.39 is 5.82 Å². The standard InChI is InChI=1S/C22H25ClFN5O2/c1-31-16-11-28(12-16)14-3-5-15(6-4-14)29-19-8-9-25-22(30)20(19)21(27-29)26-13-2-7-17(23)18(24)10-13/h2,7-10,14-16H,3-6,11-12H2,1H3,(H,25,30)(H,26,27). The second-order valence-electron chi connectivity index (χ2n) is 8.39. The van der Waals surface area contributed by atoms with Crippen LogP contribution in [0.25, 0.3) is 10.9 Å². The third-order valence-corrected chi connectivity index (χ3v) is 6.86. The molecule has 164 valence electrons. The number of methoxy groups -OCH3 is 1. The van der Waals surface area contributed by atoms with Crippen molar-refractivity contribution in [2.24, 2.45) is 0 Å². The summed E-state index contributed by atoms with van der Waals surface area (Å²) in [6, 6.07) is 7.13. The maximum Gasteiger partial charge on any atom is 0.261 e. The molecule has 1 aliphatic heterocycles. The van der Waals surface area contributed by atoms with Crippen molar-refractivity contribution in [1.29, 1.82) is 0 Å². The molecule has 5 rings (SSSR count). The van der Waals surface area contributed by atoms with Crippen LogP contribution in [0.1, 0.15) is 31.7 Å². The van der Waals surface area contributed by atoms with E-state index in [1.54, 1.807) is 19.4 Å². The summed E-state index contributed by atoms with van der Waals surface area (Å²) < 4.78 is 21.2. The van der Waals surface area contributed by atoms with Gasteiger partial charge in [-0.3, -0.25) is 14.4 Å². The minimum atomic E-state index is -0.524. The van der Waals surface area contributed by atoms with E-state index in [9.17, 15) is 9.18 Å². The van der Waals surface area contributed by atoms with Crippen LogP contribution in [-0.2, 0) is 4.74 Å². The lowest BCUT2D eigenvalue weighted by molar-refractivity contribution is -0.0592. The fourth-order valence-electron chi connectivity index (χ4n) is 4.76. The molecule has 0 atom stereocenters. The smallest absolute Gasteiger partial charge is 0.261 e. The minimum Gasteiger partial charge on any atom is -0.379 e. The summed E-state index contributed by atoms with van der Waals surface area (Å²) in [5, 5.41) is 8.37. The topological polar surface area (TPSA) is 75.2 Å². The molecule has 2 aromatic heterocycles. The van der Waals surface area contributed by atoms with Crippen LogP contribution in [0.5, 0.6) is 0 Å². The number of ether oxygens (including phenoxy) is 1. The highest BCUT2D eigenvalue weighted by atomic mass is 35.5. The van der Waals surface area contributed by atoms with Gasteiger partial charge in [0.2, 0.25) is 0 Å². The molecule has 3 aromatic rings. The van der Waals surface area contributed by atoms with Gasteiger partial charge >= 0.3 is 0 Å². The van der Waals surface area contributed by atoms with E-state index in [2.05, 4.69) is 15.2 Å². The molecule has 3 heterocycles. The van der Waals surface area contributed by atoms with Crippen molar-refractivity contribution in [2.75, 3.05) is 25.5 Å². The lowest BCUT2D eigenvalue weighted by Gasteiger charge is -2.45. The van der Waals surface area contributed by atoms with Crippen LogP contribution >= 0.6 is 11.6 Å². The molecule has 0 spiro atoms. The number of rotatable bonds is 5. The van der Waals surface area contributed by atoms with Gasteiger partial charge in [0.05, 0.1) is 22.7 Å². The summed E-state index contributed by atoms with van der Waals surface area (Å²) in [5.74, 6) is -0.101. The molecule has 0 radical (unpaired) electrons. The molecular weight excluding hydrogens is 421 g/mol. The van der Waals surface area contributed by atoms with Gasteiger partial charge in [-0.2, -0.15) is 5.10 Å². The number of nitrogens with one attached hydrogen (secondary N) is 2. The average Bonchev–Trinajstić information content (AvgIpc) is 3.10. The van der Waals surface area contributed by atoms with E-state index in [0.29, 0.717) is 29.0 Å². The quantitative estimate of drug-likeness (QED) is 0.619. The zero-order valence-electron chi connectivity index (χ0n) is 17.3. The molecular formula is C22H25ClFN5O2. The Kier molecular flexibility index (Phi) is 5.45. The number of benzene rings is 1. The molecule has 1 saturated carbocycles. The van der Waals surface area contributed by atoms with Crippen LogP contribution < -0.4 is 10.9 Å². The number of halogens is 2. The number of H-pyrrole nitrogens is 1. The molecule has 31 heavy (non-hydrogen) atoms. The van der Waals surface area contributed by atoms with E-state index in [1.165, 1.54) is 12.1 Å². The summed E-state index contributed by atoms with van der Waals surface area (Å²) in [6.07, 6.45) is 6.19. The number of likely N-dealkylation sites (tertiary alicyclic amines) is 1. The number of pyridine rings is 1. The van der Waals surface area contributed by atoms with Crippen molar-refractivity contribution < 1.29 is 9.13 Å². The first-order chi connectivity index (χ1) is 15.0. The van der Waals surface area contributed by atoms with E-state index in [0.717, 1.165) is 44.3 Å². The maximum absolute atomic E-state index is 13.9. The number of hydrogen-bond acceptors (Lipinski definition) is 5. The van der Waals surface area contributed by atoms with Crippen LogP contribution in [0, 0.1) is 5.82 Å². The number of nitrogens with zero attached hydrogens (tertiary/aromatic N) is 3. The molecule has 1 saturated heterocycles. The molecule has 9 heteroatoms. The first kappa shape index (κ1) is 20.5. The van der Waals surface area contributed by atoms with Crippen LogP contribution in [0.4, 0.5) is 15.9 Å². The summed E-state index contributed by atoms with van der Waals surface area (Å²) in [6.45, 7) is 2.02. The summed E-state index contributed by atoms with van der Waals surface area (Å²) in [5.41, 5.74) is 1.05. The third kappa shape index (κ3) is 3.84. The van der Waals surface area contributed by atoms with Gasteiger partial charge in [-0.1, -0.05) is 11.6 Å². The van der Waals surface area contributed by atoms with Crippen LogP contribution in [-0.4, -0.2) is 52.0 Å². The van der Waals surface area contributed by atoms with Crippen LogP contribution in [0.2, 0.25) is 5.02 Å². The molecule has 2 aliphatic rings. The van der Waals surface area contributed by atoms with Gasteiger partial charge in [-0.25, -0.2) is 4.39 Å². The highest BCUT2D eigenvalue weighted by molar-refractivity contribution is 6.30. The van der Waals surface area contributed by atoms with Crippen molar-refractivity contribution >= 4 is 34.0 Å². The molecule has 0 unspecified atom stereocenters. The van der Waals surface area contributed by atoms with E-state index in [-0.39, 0.29) is 16.6 Å². The molecule has 2 N–H and O–H groups in total. The predicted molar refractivity (Wildman–Crippen MR) is 119 cm³/mol. The van der Waals surface area contributed by atoms with E-state index >= 15 is 0 Å². The summed E-state index contributed by atoms with van der Waals surface area (Å²) in [4.78, 5) is 17.8. The van der Waals surface area contributed by atoms with Crippen molar-refractivity contribution in [3.8, 4) is 0 Å². The Labute approximate surface area is 184 Å². The van der Waals surface area contributed by atoms with Crippen molar-refractivity contribution in [2.45, 2.75) is 43.9 Å². The maximum atomic E-state index is 13.9. The van der Waals surface area contributed by atoms with Gasteiger partial charge < -0.3 is 15.0 Å². The first-order valence-electron chi connectivity index (χ1n) is 10.6. The van der Waals surface area contributed by atoms with Crippen LogP contribution in [0.15, 0.2) is 35.3 Å². The van der Waals surface area contributed by atoms with E-state index in [1.807, 2.05) is 10.7 Å². The molecule has 1 aliphatic carbocycles. The molecule has 2 fully saturated rings. The summed E-state index contributed by atoms with van der Waals surface area (Å²) in [7, 11) is 1.77. The molecule has 1 aromatic carbocycles. The number of aromatic amines is 1. The number of anilines is 2. The van der Waals surface area contributed by atoms with Gasteiger partial charge in [-0.15, -0.1) is 0 Å². The van der Waals surface area contributed by atoms with Gasteiger partial charge in [0, 0.05) is 38.1 Å². The van der Waals surface area contributed by atoms with Gasteiger partial charge in [0.25, 0.3) is 5.56 Å². The first-order valence-corrected chi connectivity index (χ1v) is 11.0. The molecule has 0 bridgehead atoms. The Morgan fingerprint density at radius 2 is 1.94 bits per heavy atom. The lowest BCUT2D eigenvalue weighted by atomic mass is 9.88. The Morgan fingerprint density at radius 3 is 2.65 bits per heavy atom. The Morgan fingerprint density at radius 1 is 1.19 bits per heavy atom. The minimum absolute atomic E-state index is 0.0505. The van der Waals surface area contributed by atoms with Gasteiger partial charge in [0.15, 0.2) is 5.82 Å². The average molecular weight is 446 g/mol. The monoisotopic (exact) mass is 445 g/mol. The Balaban J connectivity index is 1.39. The Bertz CT molecular complexity index is 1150. The number of fused-ring (bicyclic) bond motifs is 1. The normalized spacial score (nSPS) is 22.5. The number of aromatic nitrogens is 3. The highest BCUT2D eigenvalue weighted by Crippen LogP contribution is 2.36. The molecule has 0 amide bonds. The third-order valence-electron chi connectivity index (χ3n) is 6.55. The SMILES string of the molecule is COC1CN(C2CCC(n3nc(Nc4ccc(Cl)c(F)c4)c4c(=O)[nH]ccc43)CC2)C1. The fourth-order valence-corrected chi connectivity index (χ4v) is 4.88. The van der Waals surface area contributed by atoms with Crippen molar-refractivity contribution in [3.63, 3.8) is 0 Å². The zero-order valence-corrected chi connectivity index (χ0v) is 18.0.